The molecule has 1 aromatic rings. The van der Waals surface area contributed by atoms with Gasteiger partial charge in [-0.15, -0.1) is 0 Å². The van der Waals surface area contributed by atoms with Crippen LogP contribution in [0.4, 0.5) is 19.1 Å². The molecule has 2 aliphatic rings. The molecule has 0 saturated carbocycles. The Morgan fingerprint density at radius 2 is 1.62 bits per heavy atom. The van der Waals surface area contributed by atoms with Crippen LogP contribution in [0.3, 0.4) is 0 Å². The summed E-state index contributed by atoms with van der Waals surface area (Å²) in [6.45, 7) is 15.2. The van der Waals surface area contributed by atoms with Crippen LogP contribution < -0.4 is 0 Å². The van der Waals surface area contributed by atoms with Crippen molar-refractivity contribution in [2.45, 2.75) is 108 Å². The number of aromatic nitrogens is 2. The van der Waals surface area contributed by atoms with E-state index in [0.717, 1.165) is 17.0 Å². The van der Waals surface area contributed by atoms with Crippen LogP contribution in [0, 0.1) is 10.1 Å². The summed E-state index contributed by atoms with van der Waals surface area (Å²) in [7, 11) is -12.7. The summed E-state index contributed by atoms with van der Waals surface area (Å²) in [4.78, 5) is 14.4. The topological polar surface area (TPSA) is 141 Å². The number of halogens is 3. The van der Waals surface area contributed by atoms with Crippen LogP contribution in [0.15, 0.2) is 12.4 Å². The molecular weight excluding hydrogens is 583 g/mol. The maximum absolute atomic E-state index is 13.5. The Balaban J connectivity index is 2.23. The molecule has 3 rings (SSSR count). The van der Waals surface area contributed by atoms with Crippen molar-refractivity contribution in [3.8, 4) is 0 Å². The molecule has 3 heterocycles. The van der Waals surface area contributed by atoms with E-state index in [1.807, 2.05) is 55.4 Å². The molecule has 0 amide bonds. The molecule has 4 atom stereocenters. The van der Waals surface area contributed by atoms with Crippen LogP contribution in [0.25, 0.3) is 0 Å². The summed E-state index contributed by atoms with van der Waals surface area (Å²) in [6.07, 6.45) is -4.04. The van der Waals surface area contributed by atoms with Crippen LogP contribution in [0.5, 0.6) is 0 Å². The fourth-order valence-electron chi connectivity index (χ4n) is 5.30. The molecule has 2 aliphatic heterocycles. The van der Waals surface area contributed by atoms with Gasteiger partial charge in [-0.3, -0.25) is 4.18 Å². The van der Waals surface area contributed by atoms with Gasteiger partial charge in [0.15, 0.2) is 6.10 Å². The summed E-state index contributed by atoms with van der Waals surface area (Å²) in [5, 5.41) is 11.6. The van der Waals surface area contributed by atoms with Crippen LogP contribution in [0.1, 0.15) is 61.6 Å². The highest BCUT2D eigenvalue weighted by molar-refractivity contribution is 7.87. The normalized spacial score (nSPS) is 27.7. The molecule has 0 N–H and O–H groups in total. The molecule has 0 unspecified atom stereocenters. The van der Waals surface area contributed by atoms with E-state index in [9.17, 15) is 31.7 Å². The molecule has 12 nitrogen and oxygen atoms in total. The largest absolute Gasteiger partial charge is 0.523 e. The fourth-order valence-corrected chi connectivity index (χ4v) is 17.1. The number of nitro groups is 1. The van der Waals surface area contributed by atoms with E-state index < -0.39 is 68.2 Å². The van der Waals surface area contributed by atoms with E-state index in [-0.39, 0.29) is 28.8 Å². The minimum atomic E-state index is -6.16. The molecule has 0 bridgehead atoms. The van der Waals surface area contributed by atoms with Crippen LogP contribution in [-0.4, -0.2) is 70.4 Å². The minimum Gasteiger partial charge on any atom is -0.414 e. The Labute approximate surface area is 227 Å². The lowest BCUT2D eigenvalue weighted by Crippen LogP contribution is -2.66. The molecule has 39 heavy (non-hydrogen) atoms. The second-order valence-corrected chi connectivity index (χ2v) is 21.4. The second-order valence-electron chi connectivity index (χ2n) is 11.0. The summed E-state index contributed by atoms with van der Waals surface area (Å²) in [6, 6.07) is 0. The predicted molar refractivity (Wildman–Crippen MR) is 136 cm³/mol. The van der Waals surface area contributed by atoms with Gasteiger partial charge in [0.2, 0.25) is 6.23 Å². The average molecular weight is 620 g/mol. The van der Waals surface area contributed by atoms with Crippen molar-refractivity contribution in [2.75, 3.05) is 6.61 Å². The Morgan fingerprint density at radius 3 is 2.08 bits per heavy atom. The van der Waals surface area contributed by atoms with Crippen molar-refractivity contribution in [1.29, 1.82) is 0 Å². The Hall–Kier alpha value is -1.42. The van der Waals surface area contributed by atoms with E-state index in [4.69, 9.17) is 21.9 Å². The second kappa shape index (κ2) is 11.1. The highest BCUT2D eigenvalue weighted by Crippen LogP contribution is 2.49. The number of hydrogen-bond donors (Lipinski definition) is 0. The van der Waals surface area contributed by atoms with E-state index in [1.54, 1.807) is 0 Å². The summed E-state index contributed by atoms with van der Waals surface area (Å²) in [5.74, 6) is -0.770. The number of fused-ring (bicyclic) bond motifs is 1. The van der Waals surface area contributed by atoms with Crippen molar-refractivity contribution >= 4 is 33.2 Å². The third kappa shape index (κ3) is 5.70. The van der Waals surface area contributed by atoms with Crippen LogP contribution in [-0.2, 0) is 32.0 Å². The maximum Gasteiger partial charge on any atom is 0.523 e. The Bertz CT molecular complexity index is 1130. The number of imidazole rings is 1. The minimum absolute atomic E-state index is 0.0494. The van der Waals surface area contributed by atoms with E-state index in [0.29, 0.717) is 0 Å². The molecule has 0 aliphatic carbocycles. The van der Waals surface area contributed by atoms with Gasteiger partial charge in [-0.1, -0.05) is 60.4 Å². The van der Waals surface area contributed by atoms with Gasteiger partial charge >= 0.3 is 38.7 Å². The van der Waals surface area contributed by atoms with Gasteiger partial charge in [0.1, 0.15) is 24.6 Å². The zero-order chi connectivity index (χ0) is 29.7. The number of nitrogens with zero attached hydrogens (tertiary/aromatic N) is 3. The lowest BCUT2D eigenvalue weighted by atomic mass is 10.1. The first-order valence-electron chi connectivity index (χ1n) is 12.6. The Morgan fingerprint density at radius 1 is 1.08 bits per heavy atom. The lowest BCUT2D eigenvalue weighted by Gasteiger charge is -2.51. The van der Waals surface area contributed by atoms with Crippen molar-refractivity contribution in [2.24, 2.45) is 0 Å². The number of alkyl halides is 3. The summed E-state index contributed by atoms with van der Waals surface area (Å²) >= 11 is 0. The van der Waals surface area contributed by atoms with E-state index >= 15 is 0 Å². The van der Waals surface area contributed by atoms with Gasteiger partial charge in [0.05, 0.1) is 6.61 Å². The molecule has 0 spiro atoms. The fraction of sp³-hybridized carbons (Fsp3) is 0.857. The van der Waals surface area contributed by atoms with Crippen LogP contribution >= 0.6 is 0 Å². The van der Waals surface area contributed by atoms with Gasteiger partial charge in [-0.25, -0.2) is 0 Å². The van der Waals surface area contributed by atoms with Crippen molar-refractivity contribution in [3.05, 3.63) is 22.5 Å². The third-order valence-corrected chi connectivity index (χ3v) is 18.5. The SMILES string of the molecule is CC(C)[Si]1(C(C)C)OC[C@H]2O[C@@H](n3ccnc3[N+](=O)[O-])[C@H](OS(=O)(=O)C(F)(F)F)[C@@H]2O[Si](C(C)C)(C(C)C)O1. The van der Waals surface area contributed by atoms with Crippen LogP contribution in [0.2, 0.25) is 22.2 Å². The van der Waals surface area contributed by atoms with Gasteiger partial charge in [0.25, 0.3) is 0 Å². The number of ether oxygens (including phenoxy) is 1. The number of rotatable bonds is 8. The predicted octanol–water partition coefficient (Wildman–Crippen LogP) is 4.88. The van der Waals surface area contributed by atoms with Gasteiger partial charge in [-0.2, -0.15) is 26.2 Å². The smallest absolute Gasteiger partial charge is 0.414 e. The molecular formula is C21H36F3N3O9SSi2. The van der Waals surface area contributed by atoms with Gasteiger partial charge in [0, 0.05) is 0 Å². The quantitative estimate of drug-likeness (QED) is 0.130. The third-order valence-electron chi connectivity index (χ3n) is 7.22. The molecule has 0 radical (unpaired) electrons. The Kier molecular flexibility index (Phi) is 9.14. The summed E-state index contributed by atoms with van der Waals surface area (Å²) < 4.78 is 96.6. The average Bonchev–Trinajstić information content (AvgIpc) is 3.37. The first-order valence-corrected chi connectivity index (χ1v) is 18.0. The van der Waals surface area contributed by atoms with Crippen molar-refractivity contribution < 1.29 is 48.4 Å². The van der Waals surface area contributed by atoms with E-state index in [2.05, 4.69) is 4.98 Å². The lowest BCUT2D eigenvalue weighted by molar-refractivity contribution is -0.398. The molecule has 224 valence electrons. The first-order chi connectivity index (χ1) is 17.8. The highest BCUT2D eigenvalue weighted by atomic mass is 32.2. The van der Waals surface area contributed by atoms with Gasteiger partial charge in [-0.05, 0) is 27.1 Å². The standard InChI is InChI=1S/C21H36F3N3O9SSi2/c1-12(2)38(13(3)4)32-11-16-17(35-39(36-38,14(5)6)15(7)8)18(34-37(30,31)21(22,23)24)19(33-16)26-10-9-25-20(26)27(28)29/h9-10,12-19H,11H2,1-8H3/t16-,17-,18-,19-/m1/s1. The molecule has 2 fully saturated rings. The maximum atomic E-state index is 13.5. The number of hydrogen-bond acceptors (Lipinski definition) is 10. The monoisotopic (exact) mass is 619 g/mol. The summed E-state index contributed by atoms with van der Waals surface area (Å²) in [5.41, 5.74) is -6.35. The first kappa shape index (κ1) is 32.1. The van der Waals surface area contributed by atoms with Gasteiger partial charge < -0.3 is 27.8 Å². The van der Waals surface area contributed by atoms with Crippen molar-refractivity contribution in [1.82, 2.24) is 9.55 Å². The molecule has 18 heteroatoms. The highest BCUT2D eigenvalue weighted by Gasteiger charge is 2.64. The zero-order valence-electron chi connectivity index (χ0n) is 23.0. The molecule has 0 aromatic carbocycles. The molecule has 1 aromatic heterocycles. The van der Waals surface area contributed by atoms with Crippen molar-refractivity contribution in [3.63, 3.8) is 0 Å². The molecule has 2 saturated heterocycles. The van der Waals surface area contributed by atoms with E-state index in [1.165, 1.54) is 0 Å². The zero-order valence-corrected chi connectivity index (χ0v) is 25.9.